The van der Waals surface area contributed by atoms with E-state index in [1.807, 2.05) is 6.92 Å². The third-order valence-corrected chi connectivity index (χ3v) is 7.53. The highest BCUT2D eigenvalue weighted by molar-refractivity contribution is 5.84. The maximum absolute atomic E-state index is 12.1. The van der Waals surface area contributed by atoms with Crippen LogP contribution in [0.3, 0.4) is 0 Å². The summed E-state index contributed by atoms with van der Waals surface area (Å²) in [6, 6.07) is 0. The van der Waals surface area contributed by atoms with E-state index in [0.717, 1.165) is 25.1 Å². The second-order valence-electron chi connectivity index (χ2n) is 11.5. The molecule has 0 rings (SSSR count). The molecule has 0 aromatic carbocycles. The fourth-order valence-corrected chi connectivity index (χ4v) is 4.97. The molecule has 0 fully saturated rings. The van der Waals surface area contributed by atoms with Gasteiger partial charge >= 0.3 is 0 Å². The second-order valence-corrected chi connectivity index (χ2v) is 11.5. The maximum atomic E-state index is 12.1. The highest BCUT2D eigenvalue weighted by Crippen LogP contribution is 2.13. The molecule has 0 atom stereocenters. The summed E-state index contributed by atoms with van der Waals surface area (Å²) >= 11 is 0. The largest absolute Gasteiger partial charge is 0.356 e. The van der Waals surface area contributed by atoms with Gasteiger partial charge in [0, 0.05) is 25.1 Å². The van der Waals surface area contributed by atoms with E-state index in [9.17, 15) is 9.59 Å². The molecule has 0 aliphatic rings. The van der Waals surface area contributed by atoms with Crippen molar-refractivity contribution in [3.05, 3.63) is 11.8 Å². The van der Waals surface area contributed by atoms with Crippen LogP contribution in [0.25, 0.3) is 0 Å². The summed E-state index contributed by atoms with van der Waals surface area (Å²) < 4.78 is 0. The predicted molar refractivity (Wildman–Crippen MR) is 166 cm³/mol. The Kier molecular flexibility index (Phi) is 29.2. The van der Waals surface area contributed by atoms with Crippen LogP contribution in [-0.2, 0) is 9.59 Å². The number of hydrogen-bond acceptors (Lipinski definition) is 2. The average molecular weight is 535 g/mol. The van der Waals surface area contributed by atoms with E-state index in [2.05, 4.69) is 30.6 Å². The standard InChI is InChI=1S/C34H66N2O2/c1-4-6-8-10-12-14-16-17-18-19-20-22-24-26-28-32(3)36-34(38)30-29-33(37)35-31-27-25-23-21-15-13-11-9-7-5-2/h28H,4-27,29-31H2,1-3H3,(H,35,37)(H,36,38). The number of carbonyl (C=O) groups is 2. The van der Waals surface area contributed by atoms with Crippen molar-refractivity contribution in [2.24, 2.45) is 0 Å². The Balaban J connectivity index is 3.49. The number of amides is 2. The molecule has 0 spiro atoms. The van der Waals surface area contributed by atoms with Crippen molar-refractivity contribution < 1.29 is 9.59 Å². The zero-order chi connectivity index (χ0) is 27.9. The van der Waals surface area contributed by atoms with E-state index in [4.69, 9.17) is 0 Å². The Morgan fingerprint density at radius 3 is 1.32 bits per heavy atom. The highest BCUT2D eigenvalue weighted by atomic mass is 16.2. The van der Waals surface area contributed by atoms with Crippen LogP contribution in [0.15, 0.2) is 11.8 Å². The minimum Gasteiger partial charge on any atom is -0.356 e. The van der Waals surface area contributed by atoms with E-state index < -0.39 is 0 Å². The first-order valence-electron chi connectivity index (χ1n) is 16.8. The zero-order valence-corrected chi connectivity index (χ0v) is 26.0. The molecule has 0 aromatic rings. The third-order valence-electron chi connectivity index (χ3n) is 7.53. The molecule has 2 amide bonds. The van der Waals surface area contributed by atoms with Gasteiger partial charge in [0.15, 0.2) is 0 Å². The van der Waals surface area contributed by atoms with E-state index in [-0.39, 0.29) is 24.7 Å². The SMILES string of the molecule is CCCCCCCCCCCCCCCC=C(C)NC(=O)CCC(=O)NCCCCCCCCCCCC. The van der Waals surface area contributed by atoms with Crippen LogP contribution in [0.1, 0.15) is 188 Å². The van der Waals surface area contributed by atoms with Gasteiger partial charge in [0.1, 0.15) is 0 Å². The summed E-state index contributed by atoms with van der Waals surface area (Å²) in [5.41, 5.74) is 0.916. The van der Waals surface area contributed by atoms with Crippen LogP contribution in [0, 0.1) is 0 Å². The molecular weight excluding hydrogens is 468 g/mol. The number of carbonyl (C=O) groups excluding carboxylic acids is 2. The van der Waals surface area contributed by atoms with Gasteiger partial charge in [0.05, 0.1) is 0 Å². The lowest BCUT2D eigenvalue weighted by Gasteiger charge is -2.07. The molecule has 4 nitrogen and oxygen atoms in total. The van der Waals surface area contributed by atoms with Crippen LogP contribution in [0.4, 0.5) is 0 Å². The summed E-state index contributed by atoms with van der Waals surface area (Å²) in [6.45, 7) is 7.22. The number of allylic oxidation sites excluding steroid dienone is 2. The van der Waals surface area contributed by atoms with Crippen molar-refractivity contribution in [2.75, 3.05) is 6.54 Å². The summed E-state index contributed by atoms with van der Waals surface area (Å²) in [7, 11) is 0. The van der Waals surface area contributed by atoms with Gasteiger partial charge in [0.2, 0.25) is 11.8 Å². The molecule has 0 saturated carbocycles. The van der Waals surface area contributed by atoms with Gasteiger partial charge in [-0.1, -0.05) is 155 Å². The van der Waals surface area contributed by atoms with Crippen LogP contribution in [-0.4, -0.2) is 18.4 Å². The number of rotatable bonds is 29. The summed E-state index contributed by atoms with van der Waals surface area (Å²) in [6.07, 6.45) is 34.4. The van der Waals surface area contributed by atoms with Crippen LogP contribution in [0.2, 0.25) is 0 Å². The molecular formula is C34H66N2O2. The summed E-state index contributed by atoms with van der Waals surface area (Å²) in [5, 5.41) is 5.90. The lowest BCUT2D eigenvalue weighted by molar-refractivity contribution is -0.126. The Bertz CT molecular complexity index is 559. The van der Waals surface area contributed by atoms with Crippen molar-refractivity contribution in [1.29, 1.82) is 0 Å². The quantitative estimate of drug-likeness (QED) is 0.0938. The monoisotopic (exact) mass is 535 g/mol. The first kappa shape index (κ1) is 36.7. The summed E-state index contributed by atoms with van der Waals surface area (Å²) in [4.78, 5) is 24.1. The molecule has 0 aliphatic heterocycles. The van der Waals surface area contributed by atoms with Gasteiger partial charge in [-0.2, -0.15) is 0 Å². The fraction of sp³-hybridized carbons (Fsp3) is 0.882. The fourth-order valence-electron chi connectivity index (χ4n) is 4.97. The van der Waals surface area contributed by atoms with E-state index >= 15 is 0 Å². The van der Waals surface area contributed by atoms with Crippen molar-refractivity contribution in [1.82, 2.24) is 10.6 Å². The first-order valence-corrected chi connectivity index (χ1v) is 16.8. The van der Waals surface area contributed by atoms with Gasteiger partial charge in [-0.05, 0) is 26.2 Å². The predicted octanol–water partition coefficient (Wildman–Crippen LogP) is 10.3. The third kappa shape index (κ3) is 29.2. The first-order chi connectivity index (χ1) is 18.6. The second kappa shape index (κ2) is 30.2. The van der Waals surface area contributed by atoms with E-state index in [1.54, 1.807) is 0 Å². The van der Waals surface area contributed by atoms with Crippen LogP contribution >= 0.6 is 0 Å². The molecule has 0 radical (unpaired) electrons. The van der Waals surface area contributed by atoms with Crippen molar-refractivity contribution in [2.45, 2.75) is 188 Å². The topological polar surface area (TPSA) is 58.2 Å². The van der Waals surface area contributed by atoms with E-state index in [1.165, 1.54) is 141 Å². The molecule has 224 valence electrons. The average Bonchev–Trinajstić information content (AvgIpc) is 2.90. The van der Waals surface area contributed by atoms with E-state index in [0.29, 0.717) is 0 Å². The minimum atomic E-state index is -0.0572. The number of nitrogens with one attached hydrogen (secondary N) is 2. The Morgan fingerprint density at radius 2 is 0.868 bits per heavy atom. The van der Waals surface area contributed by atoms with Crippen molar-refractivity contribution in [3.8, 4) is 0 Å². The lowest BCUT2D eigenvalue weighted by atomic mass is 10.0. The maximum Gasteiger partial charge on any atom is 0.224 e. The van der Waals surface area contributed by atoms with Gasteiger partial charge < -0.3 is 10.6 Å². The number of unbranched alkanes of at least 4 members (excludes halogenated alkanes) is 22. The Labute approximate surface area is 238 Å². The normalized spacial score (nSPS) is 11.6. The molecule has 0 heterocycles. The number of hydrogen-bond donors (Lipinski definition) is 2. The lowest BCUT2D eigenvalue weighted by Crippen LogP contribution is -2.27. The smallest absolute Gasteiger partial charge is 0.224 e. The molecule has 0 unspecified atom stereocenters. The Hall–Kier alpha value is -1.32. The molecule has 0 bridgehead atoms. The highest BCUT2D eigenvalue weighted by Gasteiger charge is 2.06. The molecule has 0 aliphatic carbocycles. The molecule has 38 heavy (non-hydrogen) atoms. The van der Waals surface area contributed by atoms with Crippen molar-refractivity contribution >= 4 is 11.8 Å². The van der Waals surface area contributed by atoms with Crippen LogP contribution in [0.5, 0.6) is 0 Å². The minimum absolute atomic E-state index is 0.00956. The van der Waals surface area contributed by atoms with Gasteiger partial charge in [-0.15, -0.1) is 0 Å². The molecule has 0 aromatic heterocycles. The van der Waals surface area contributed by atoms with Gasteiger partial charge in [-0.25, -0.2) is 0 Å². The van der Waals surface area contributed by atoms with Crippen LogP contribution < -0.4 is 10.6 Å². The Morgan fingerprint density at radius 1 is 0.500 bits per heavy atom. The van der Waals surface area contributed by atoms with Gasteiger partial charge in [0.25, 0.3) is 0 Å². The molecule has 0 saturated heterocycles. The summed E-state index contributed by atoms with van der Waals surface area (Å²) in [5.74, 6) is -0.0668. The van der Waals surface area contributed by atoms with Gasteiger partial charge in [-0.3, -0.25) is 9.59 Å². The zero-order valence-electron chi connectivity index (χ0n) is 26.0. The van der Waals surface area contributed by atoms with Crippen molar-refractivity contribution in [3.63, 3.8) is 0 Å². The molecule has 2 N–H and O–H groups in total. The molecule has 4 heteroatoms.